The predicted octanol–water partition coefficient (Wildman–Crippen LogP) is 2.55. The van der Waals surface area contributed by atoms with E-state index in [1.54, 1.807) is 38.4 Å². The molecule has 0 unspecified atom stereocenters. The monoisotopic (exact) mass is 400 g/mol. The minimum absolute atomic E-state index is 0.220. The lowest BCUT2D eigenvalue weighted by Crippen LogP contribution is -2.16. The third-order valence-corrected chi connectivity index (χ3v) is 4.96. The van der Waals surface area contributed by atoms with Crippen LogP contribution in [0.4, 0.5) is 0 Å². The van der Waals surface area contributed by atoms with Gasteiger partial charge in [-0.25, -0.2) is 4.79 Å². The quantitative estimate of drug-likeness (QED) is 0.469. The summed E-state index contributed by atoms with van der Waals surface area (Å²) in [6, 6.07) is 5.25. The van der Waals surface area contributed by atoms with Crippen LogP contribution in [-0.4, -0.2) is 39.9 Å². The molecule has 1 amide bonds. The Kier molecular flexibility index (Phi) is 5.74. The summed E-state index contributed by atoms with van der Waals surface area (Å²) >= 11 is 1.31. The van der Waals surface area contributed by atoms with Crippen molar-refractivity contribution in [3.8, 4) is 5.88 Å². The van der Waals surface area contributed by atoms with Gasteiger partial charge in [-0.3, -0.25) is 9.48 Å². The van der Waals surface area contributed by atoms with E-state index in [1.165, 1.54) is 23.1 Å². The average Bonchev–Trinajstić information content (AvgIpc) is 3.22. The van der Waals surface area contributed by atoms with Gasteiger partial charge in [0, 0.05) is 19.8 Å². The summed E-state index contributed by atoms with van der Waals surface area (Å²) in [7, 11) is 3.15. The number of allylic oxidation sites excluding steroid dienone is 1. The second kappa shape index (κ2) is 8.22. The van der Waals surface area contributed by atoms with Gasteiger partial charge in [0.25, 0.3) is 5.91 Å². The van der Waals surface area contributed by atoms with Crippen LogP contribution in [0, 0.1) is 0 Å². The molecule has 0 aliphatic carbocycles. The van der Waals surface area contributed by atoms with E-state index in [1.807, 2.05) is 10.6 Å². The zero-order valence-electron chi connectivity index (χ0n) is 15.8. The Morgan fingerprint density at radius 1 is 1.39 bits per heavy atom. The van der Waals surface area contributed by atoms with Crippen molar-refractivity contribution >= 4 is 33.4 Å². The summed E-state index contributed by atoms with van der Waals surface area (Å²) < 4.78 is 14.4. The summed E-state index contributed by atoms with van der Waals surface area (Å²) in [5.41, 5.74) is 1.58. The minimum atomic E-state index is -0.458. The van der Waals surface area contributed by atoms with Crippen molar-refractivity contribution < 1.29 is 19.1 Å². The maximum absolute atomic E-state index is 12.7. The molecule has 0 radical (unpaired) electrons. The first-order valence-corrected chi connectivity index (χ1v) is 9.38. The standard InChI is InChI=1S/C19H20N4O4S/c1-5-9-23-14-8-7-12(18(25)27-6-2)10-15(14)28-19(23)20-16(24)13-11-22(3)21-17(13)26-4/h5,7-8,10-11H,1,6,9H2,2-4H3. The molecule has 3 rings (SSSR count). The van der Waals surface area contributed by atoms with Crippen molar-refractivity contribution in [2.24, 2.45) is 12.0 Å². The molecule has 0 bridgehead atoms. The van der Waals surface area contributed by atoms with Gasteiger partial charge in [0.2, 0.25) is 5.88 Å². The van der Waals surface area contributed by atoms with Gasteiger partial charge in [0.15, 0.2) is 4.80 Å². The maximum Gasteiger partial charge on any atom is 0.338 e. The normalized spacial score (nSPS) is 11.6. The first-order chi connectivity index (χ1) is 13.5. The van der Waals surface area contributed by atoms with Crippen molar-refractivity contribution in [1.82, 2.24) is 14.3 Å². The Bertz CT molecular complexity index is 1120. The molecule has 9 heteroatoms. The highest BCUT2D eigenvalue weighted by molar-refractivity contribution is 7.16. The highest BCUT2D eigenvalue weighted by Gasteiger charge is 2.17. The number of fused-ring (bicyclic) bond motifs is 1. The first kappa shape index (κ1) is 19.6. The number of nitrogens with zero attached hydrogens (tertiary/aromatic N) is 4. The van der Waals surface area contributed by atoms with Crippen LogP contribution in [0.25, 0.3) is 10.2 Å². The molecule has 0 aliphatic rings. The van der Waals surface area contributed by atoms with Crippen LogP contribution in [0.5, 0.6) is 5.88 Å². The molecule has 0 N–H and O–H groups in total. The number of ether oxygens (including phenoxy) is 2. The Labute approximate surface area is 165 Å². The Morgan fingerprint density at radius 3 is 2.86 bits per heavy atom. The number of carbonyl (C=O) groups excluding carboxylic acids is 2. The average molecular weight is 400 g/mol. The first-order valence-electron chi connectivity index (χ1n) is 8.56. The number of hydrogen-bond donors (Lipinski definition) is 0. The van der Waals surface area contributed by atoms with Crippen molar-refractivity contribution in [3.63, 3.8) is 0 Å². The van der Waals surface area contributed by atoms with Crippen LogP contribution in [0.2, 0.25) is 0 Å². The third-order valence-electron chi connectivity index (χ3n) is 3.92. The molecule has 3 aromatic rings. The van der Waals surface area contributed by atoms with Gasteiger partial charge < -0.3 is 14.0 Å². The number of carbonyl (C=O) groups is 2. The number of aryl methyl sites for hydroxylation is 1. The van der Waals surface area contributed by atoms with Crippen molar-refractivity contribution in [1.29, 1.82) is 0 Å². The Morgan fingerprint density at radius 2 is 2.18 bits per heavy atom. The molecule has 28 heavy (non-hydrogen) atoms. The van der Waals surface area contributed by atoms with Gasteiger partial charge >= 0.3 is 5.97 Å². The number of esters is 1. The number of rotatable bonds is 6. The van der Waals surface area contributed by atoms with E-state index in [2.05, 4.69) is 16.7 Å². The Balaban J connectivity index is 2.11. The highest BCUT2D eigenvalue weighted by atomic mass is 32.1. The predicted molar refractivity (Wildman–Crippen MR) is 106 cm³/mol. The van der Waals surface area contributed by atoms with E-state index >= 15 is 0 Å². The van der Waals surface area contributed by atoms with Gasteiger partial charge in [-0.2, -0.15) is 4.99 Å². The van der Waals surface area contributed by atoms with Crippen molar-refractivity contribution in [2.45, 2.75) is 13.5 Å². The summed E-state index contributed by atoms with van der Waals surface area (Å²) in [5, 5.41) is 4.08. The lowest BCUT2D eigenvalue weighted by Gasteiger charge is -2.03. The van der Waals surface area contributed by atoms with Crippen LogP contribution >= 0.6 is 11.3 Å². The van der Waals surface area contributed by atoms with Crippen molar-refractivity contribution in [2.75, 3.05) is 13.7 Å². The van der Waals surface area contributed by atoms with Crippen LogP contribution in [0.15, 0.2) is 42.0 Å². The van der Waals surface area contributed by atoms with Crippen molar-refractivity contribution in [3.05, 3.63) is 53.0 Å². The highest BCUT2D eigenvalue weighted by Crippen LogP contribution is 2.21. The largest absolute Gasteiger partial charge is 0.479 e. The topological polar surface area (TPSA) is 87.7 Å². The second-order valence-corrected chi connectivity index (χ2v) is 6.84. The number of aromatic nitrogens is 3. The fourth-order valence-electron chi connectivity index (χ4n) is 2.72. The smallest absolute Gasteiger partial charge is 0.338 e. The number of amides is 1. The molecule has 0 saturated heterocycles. The molecule has 0 atom stereocenters. The van der Waals surface area contributed by atoms with Crippen LogP contribution in [0.1, 0.15) is 27.6 Å². The summed E-state index contributed by atoms with van der Waals surface area (Å²) in [5.74, 6) is -0.625. The van der Waals surface area contributed by atoms with Crippen LogP contribution in [-0.2, 0) is 18.3 Å². The molecule has 0 spiro atoms. The number of benzene rings is 1. The number of methoxy groups -OCH3 is 1. The van der Waals surface area contributed by atoms with E-state index in [9.17, 15) is 9.59 Å². The van der Waals surface area contributed by atoms with Crippen LogP contribution in [0.3, 0.4) is 0 Å². The molecule has 1 aromatic carbocycles. The summed E-state index contributed by atoms with van der Waals surface area (Å²) in [4.78, 5) is 29.4. The molecule has 2 aromatic heterocycles. The van der Waals surface area contributed by atoms with E-state index in [4.69, 9.17) is 9.47 Å². The van der Waals surface area contributed by atoms with Gasteiger partial charge in [-0.1, -0.05) is 17.4 Å². The number of thiazole rings is 1. The maximum atomic E-state index is 12.7. The lowest BCUT2D eigenvalue weighted by molar-refractivity contribution is 0.0526. The van der Waals surface area contributed by atoms with Crippen LogP contribution < -0.4 is 9.54 Å². The molecular formula is C19H20N4O4S. The fraction of sp³-hybridized carbons (Fsp3) is 0.263. The van der Waals surface area contributed by atoms with Gasteiger partial charge in [-0.05, 0) is 25.1 Å². The van der Waals surface area contributed by atoms with E-state index < -0.39 is 5.91 Å². The molecule has 0 aliphatic heterocycles. The van der Waals surface area contributed by atoms with Gasteiger partial charge in [0.05, 0.1) is 29.5 Å². The van der Waals surface area contributed by atoms with Gasteiger partial charge in [-0.15, -0.1) is 11.7 Å². The minimum Gasteiger partial charge on any atom is -0.479 e. The molecule has 146 valence electrons. The zero-order valence-corrected chi connectivity index (χ0v) is 16.7. The summed E-state index contributed by atoms with van der Waals surface area (Å²) in [6.45, 7) is 6.30. The zero-order chi connectivity index (χ0) is 20.3. The molecule has 0 saturated carbocycles. The SMILES string of the molecule is C=CCn1c(=NC(=O)c2cn(C)nc2OC)sc2cc(C(=O)OCC)ccc21. The molecule has 0 fully saturated rings. The van der Waals surface area contributed by atoms with E-state index in [0.29, 0.717) is 23.5 Å². The third kappa shape index (κ3) is 3.74. The molecule has 8 nitrogen and oxygen atoms in total. The summed E-state index contributed by atoms with van der Waals surface area (Å²) in [6.07, 6.45) is 3.29. The number of hydrogen-bond acceptors (Lipinski definition) is 6. The Hall–Kier alpha value is -3.20. The van der Waals surface area contributed by atoms with Gasteiger partial charge in [0.1, 0.15) is 5.56 Å². The lowest BCUT2D eigenvalue weighted by atomic mass is 10.2. The second-order valence-electron chi connectivity index (χ2n) is 5.83. The molecular weight excluding hydrogens is 380 g/mol. The fourth-order valence-corrected chi connectivity index (χ4v) is 3.80. The van der Waals surface area contributed by atoms with E-state index in [0.717, 1.165) is 10.2 Å². The molecule has 2 heterocycles. The van der Waals surface area contributed by atoms with E-state index in [-0.39, 0.29) is 17.4 Å².